The molecule has 9 heteroatoms. The van der Waals surface area contributed by atoms with Crippen LogP contribution in [-0.2, 0) is 17.1 Å². The van der Waals surface area contributed by atoms with Gasteiger partial charge in [0.25, 0.3) is 5.91 Å². The number of hydrogen-bond donors (Lipinski definition) is 0. The molecule has 30 heavy (non-hydrogen) atoms. The van der Waals surface area contributed by atoms with Crippen molar-refractivity contribution >= 4 is 53.4 Å². The van der Waals surface area contributed by atoms with E-state index in [2.05, 4.69) is 27.8 Å². The molecule has 158 valence electrons. The molecule has 6 nitrogen and oxygen atoms in total. The lowest BCUT2D eigenvalue weighted by Crippen LogP contribution is -2.37. The third kappa shape index (κ3) is 4.16. The van der Waals surface area contributed by atoms with Gasteiger partial charge < -0.3 is 4.57 Å². The van der Waals surface area contributed by atoms with Gasteiger partial charge in [0, 0.05) is 30.2 Å². The molecule has 0 aliphatic carbocycles. The normalized spacial score (nSPS) is 17.0. The standard InChI is InChI=1S/C21H22BrN3O3S2/c1-14-9-11-25(12-10-14)30(27,28)17-6-3-15(4-7-17)20(26)23-21-24(2)18-8-5-16(22)13-19(18)29-21/h3-8,13-14H,9-12H2,1-2H3. The van der Waals surface area contributed by atoms with Crippen LogP contribution in [-0.4, -0.2) is 36.3 Å². The summed E-state index contributed by atoms with van der Waals surface area (Å²) in [5.41, 5.74) is 1.35. The summed E-state index contributed by atoms with van der Waals surface area (Å²) in [6.45, 7) is 3.22. The summed E-state index contributed by atoms with van der Waals surface area (Å²) >= 11 is 4.89. The molecule has 4 rings (SSSR count). The Labute approximate surface area is 188 Å². The van der Waals surface area contributed by atoms with Crippen molar-refractivity contribution in [3.8, 4) is 0 Å². The maximum atomic E-state index is 12.8. The number of aromatic nitrogens is 1. The van der Waals surface area contributed by atoms with E-state index in [-0.39, 0.29) is 4.90 Å². The van der Waals surface area contributed by atoms with Gasteiger partial charge in [0.05, 0.1) is 15.1 Å². The average molecular weight is 508 g/mol. The van der Waals surface area contributed by atoms with Crippen LogP contribution in [0, 0.1) is 5.92 Å². The first-order valence-corrected chi connectivity index (χ1v) is 12.7. The van der Waals surface area contributed by atoms with Crippen molar-refractivity contribution in [3.05, 3.63) is 57.3 Å². The van der Waals surface area contributed by atoms with Crippen LogP contribution in [0.4, 0.5) is 0 Å². The average Bonchev–Trinajstić information content (AvgIpc) is 3.03. The first kappa shape index (κ1) is 21.4. The first-order chi connectivity index (χ1) is 14.3. The highest BCUT2D eigenvalue weighted by atomic mass is 79.9. The summed E-state index contributed by atoms with van der Waals surface area (Å²) in [6, 6.07) is 12.0. The molecule has 0 spiro atoms. The summed E-state index contributed by atoms with van der Waals surface area (Å²) in [4.78, 5) is 17.7. The van der Waals surface area contributed by atoms with Crippen molar-refractivity contribution < 1.29 is 13.2 Å². The van der Waals surface area contributed by atoms with Crippen molar-refractivity contribution in [3.63, 3.8) is 0 Å². The summed E-state index contributed by atoms with van der Waals surface area (Å²) in [6.07, 6.45) is 1.74. The molecule has 2 heterocycles. The minimum atomic E-state index is -3.53. The zero-order valence-corrected chi connectivity index (χ0v) is 19.9. The molecule has 1 saturated heterocycles. The van der Waals surface area contributed by atoms with E-state index >= 15 is 0 Å². The van der Waals surface area contributed by atoms with Crippen molar-refractivity contribution in [1.82, 2.24) is 8.87 Å². The van der Waals surface area contributed by atoms with Gasteiger partial charge in [-0.05, 0) is 61.2 Å². The predicted molar refractivity (Wildman–Crippen MR) is 122 cm³/mol. The summed E-state index contributed by atoms with van der Waals surface area (Å²) in [5.74, 6) is 0.154. The molecule has 1 amide bonds. The molecule has 0 bridgehead atoms. The Bertz CT molecular complexity index is 1270. The van der Waals surface area contributed by atoms with Crippen LogP contribution < -0.4 is 4.80 Å². The summed E-state index contributed by atoms with van der Waals surface area (Å²) in [5, 5.41) is 0. The molecule has 0 N–H and O–H groups in total. The Morgan fingerprint density at radius 3 is 2.47 bits per heavy atom. The van der Waals surface area contributed by atoms with Gasteiger partial charge in [-0.15, -0.1) is 0 Å². The van der Waals surface area contributed by atoms with Crippen LogP contribution in [0.2, 0.25) is 0 Å². The van der Waals surface area contributed by atoms with Gasteiger partial charge in [0.2, 0.25) is 10.0 Å². The van der Waals surface area contributed by atoms with Gasteiger partial charge in [0.15, 0.2) is 4.80 Å². The monoisotopic (exact) mass is 507 g/mol. The fourth-order valence-electron chi connectivity index (χ4n) is 3.51. The van der Waals surface area contributed by atoms with E-state index in [4.69, 9.17) is 0 Å². The van der Waals surface area contributed by atoms with Crippen LogP contribution in [0.25, 0.3) is 10.2 Å². The molecule has 1 fully saturated rings. The molecule has 0 unspecified atom stereocenters. The number of nitrogens with zero attached hydrogens (tertiary/aromatic N) is 3. The Kier molecular flexibility index (Phi) is 5.98. The molecular weight excluding hydrogens is 486 g/mol. The highest BCUT2D eigenvalue weighted by Crippen LogP contribution is 2.24. The number of rotatable bonds is 3. The van der Waals surface area contributed by atoms with Crippen LogP contribution in [0.5, 0.6) is 0 Å². The lowest BCUT2D eigenvalue weighted by Gasteiger charge is -2.29. The largest absolute Gasteiger partial charge is 0.319 e. The van der Waals surface area contributed by atoms with Gasteiger partial charge in [-0.2, -0.15) is 9.30 Å². The lowest BCUT2D eigenvalue weighted by molar-refractivity contribution is 0.0998. The third-order valence-corrected chi connectivity index (χ3v) is 8.95. The fraction of sp³-hybridized carbons (Fsp3) is 0.333. The maximum Gasteiger partial charge on any atom is 0.279 e. The zero-order valence-electron chi connectivity index (χ0n) is 16.7. The topological polar surface area (TPSA) is 71.7 Å². The first-order valence-electron chi connectivity index (χ1n) is 9.70. The molecule has 0 atom stereocenters. The Hall–Kier alpha value is -1.81. The molecule has 1 aliphatic heterocycles. The maximum absolute atomic E-state index is 12.8. The fourth-order valence-corrected chi connectivity index (χ4v) is 6.55. The highest BCUT2D eigenvalue weighted by molar-refractivity contribution is 9.10. The molecule has 3 aromatic rings. The molecule has 1 aliphatic rings. The van der Waals surface area contributed by atoms with Gasteiger partial charge in [-0.1, -0.05) is 34.2 Å². The van der Waals surface area contributed by atoms with E-state index in [0.29, 0.717) is 29.4 Å². The minimum absolute atomic E-state index is 0.214. The van der Waals surface area contributed by atoms with Crippen LogP contribution in [0.3, 0.4) is 0 Å². The second kappa shape index (κ2) is 8.37. The number of hydrogen-bond acceptors (Lipinski definition) is 4. The predicted octanol–water partition coefficient (Wildman–Crippen LogP) is 4.16. The minimum Gasteiger partial charge on any atom is -0.319 e. The molecular formula is C21H22BrN3O3S2. The van der Waals surface area contributed by atoms with Crippen molar-refractivity contribution in [1.29, 1.82) is 0 Å². The molecule has 2 aromatic carbocycles. The number of piperidine rings is 1. The van der Waals surface area contributed by atoms with E-state index in [1.807, 2.05) is 29.8 Å². The van der Waals surface area contributed by atoms with E-state index in [0.717, 1.165) is 27.5 Å². The number of carbonyl (C=O) groups excluding carboxylic acids is 1. The van der Waals surface area contributed by atoms with E-state index in [1.54, 1.807) is 0 Å². The number of sulfonamides is 1. The second-order valence-electron chi connectivity index (χ2n) is 7.58. The number of carbonyl (C=O) groups is 1. The smallest absolute Gasteiger partial charge is 0.279 e. The van der Waals surface area contributed by atoms with E-state index < -0.39 is 15.9 Å². The number of fused-ring (bicyclic) bond motifs is 1. The quantitative estimate of drug-likeness (QED) is 0.534. The van der Waals surface area contributed by atoms with Gasteiger partial charge >= 0.3 is 0 Å². The lowest BCUT2D eigenvalue weighted by atomic mass is 10.0. The number of halogens is 1. The van der Waals surface area contributed by atoms with Crippen LogP contribution >= 0.6 is 27.3 Å². The Balaban J connectivity index is 1.59. The van der Waals surface area contributed by atoms with E-state index in [1.165, 1.54) is 39.9 Å². The third-order valence-electron chi connectivity index (χ3n) is 5.45. The number of thiazole rings is 1. The Morgan fingerprint density at radius 2 is 1.80 bits per heavy atom. The SMILES string of the molecule is CC1CCN(S(=O)(=O)c2ccc(C(=O)N=c3sc4cc(Br)ccc4n3C)cc2)CC1. The zero-order chi connectivity index (χ0) is 21.5. The molecule has 1 aromatic heterocycles. The number of amides is 1. The van der Waals surface area contributed by atoms with E-state index in [9.17, 15) is 13.2 Å². The molecule has 0 saturated carbocycles. The van der Waals surface area contributed by atoms with Crippen LogP contribution in [0.1, 0.15) is 30.1 Å². The number of aryl methyl sites for hydroxylation is 1. The van der Waals surface area contributed by atoms with Crippen molar-refractivity contribution in [2.75, 3.05) is 13.1 Å². The number of benzene rings is 2. The Morgan fingerprint density at radius 1 is 1.13 bits per heavy atom. The summed E-state index contributed by atoms with van der Waals surface area (Å²) < 4.78 is 31.1. The molecule has 0 radical (unpaired) electrons. The van der Waals surface area contributed by atoms with Gasteiger partial charge in [-0.25, -0.2) is 8.42 Å². The van der Waals surface area contributed by atoms with Crippen LogP contribution in [0.15, 0.2) is 56.8 Å². The van der Waals surface area contributed by atoms with Crippen molar-refractivity contribution in [2.45, 2.75) is 24.7 Å². The van der Waals surface area contributed by atoms with Gasteiger partial charge in [0.1, 0.15) is 0 Å². The second-order valence-corrected chi connectivity index (χ2v) is 11.4. The van der Waals surface area contributed by atoms with Crippen molar-refractivity contribution in [2.24, 2.45) is 18.0 Å². The highest BCUT2D eigenvalue weighted by Gasteiger charge is 2.28. The van der Waals surface area contributed by atoms with Gasteiger partial charge in [-0.3, -0.25) is 4.79 Å². The summed E-state index contributed by atoms with van der Waals surface area (Å²) in [7, 11) is -1.66.